The largest absolute Gasteiger partial charge is 0.474 e. The van der Waals surface area contributed by atoms with Crippen LogP contribution in [0.4, 0.5) is 17.6 Å². The summed E-state index contributed by atoms with van der Waals surface area (Å²) < 4.78 is 67.3. The number of fused-ring (bicyclic) bond motifs is 1. The highest BCUT2D eigenvalue weighted by Crippen LogP contribution is 2.29. The Morgan fingerprint density at radius 1 is 1.04 bits per heavy atom. The highest BCUT2D eigenvalue weighted by molar-refractivity contribution is 6.30. The molecule has 46 heavy (non-hydrogen) atoms. The summed E-state index contributed by atoms with van der Waals surface area (Å²) in [5.41, 5.74) is 2.00. The Morgan fingerprint density at radius 3 is 2.59 bits per heavy atom. The van der Waals surface area contributed by atoms with Gasteiger partial charge in [-0.05, 0) is 43.0 Å². The number of halogens is 5. The summed E-state index contributed by atoms with van der Waals surface area (Å²) in [6.07, 6.45) is 1.25. The van der Waals surface area contributed by atoms with Gasteiger partial charge >= 0.3 is 6.18 Å². The molecule has 1 N–H and O–H groups in total. The van der Waals surface area contributed by atoms with E-state index in [0.29, 0.717) is 47.5 Å². The van der Waals surface area contributed by atoms with E-state index in [9.17, 15) is 17.6 Å². The first kappa shape index (κ1) is 30.4. The monoisotopic (exact) mass is 657 g/mol. The summed E-state index contributed by atoms with van der Waals surface area (Å²) in [5, 5.41) is 5.96. The van der Waals surface area contributed by atoms with E-state index in [2.05, 4.69) is 34.5 Å². The summed E-state index contributed by atoms with van der Waals surface area (Å²) in [6.45, 7) is 3.37. The quantitative estimate of drug-likeness (QED) is 0.212. The smallest absolute Gasteiger partial charge is 0.451 e. The van der Waals surface area contributed by atoms with Crippen molar-refractivity contribution < 1.29 is 27.0 Å². The van der Waals surface area contributed by atoms with Gasteiger partial charge in [0.15, 0.2) is 5.82 Å². The van der Waals surface area contributed by atoms with E-state index >= 15 is 0 Å². The van der Waals surface area contributed by atoms with Crippen molar-refractivity contribution in [3.05, 3.63) is 76.6 Å². The molecular weight excluding hydrogens is 630 g/mol. The number of benzene rings is 1. The third kappa shape index (κ3) is 6.66. The molecule has 1 atom stereocenters. The maximum atomic E-state index is 14.3. The number of aromatic nitrogens is 8. The highest BCUT2D eigenvalue weighted by Gasteiger charge is 2.35. The van der Waals surface area contributed by atoms with Crippen LogP contribution in [0.25, 0.3) is 22.6 Å². The summed E-state index contributed by atoms with van der Waals surface area (Å²) in [5.74, 6) is -0.0374. The van der Waals surface area contributed by atoms with E-state index in [1.54, 1.807) is 36.7 Å². The molecule has 0 spiro atoms. The molecule has 1 unspecified atom stereocenters. The van der Waals surface area contributed by atoms with Gasteiger partial charge in [0.25, 0.3) is 0 Å². The van der Waals surface area contributed by atoms with Crippen LogP contribution in [0.1, 0.15) is 42.3 Å². The zero-order valence-electron chi connectivity index (χ0n) is 24.3. The number of nitrogens with zero attached hydrogens (tertiary/aromatic N) is 8. The number of H-pyrrole nitrogens is 1. The molecule has 11 nitrogen and oxygen atoms in total. The molecule has 2 aliphatic rings. The van der Waals surface area contributed by atoms with Crippen molar-refractivity contribution in [3.8, 4) is 17.4 Å². The maximum absolute atomic E-state index is 14.3. The minimum absolute atomic E-state index is 0.0526. The van der Waals surface area contributed by atoms with Crippen LogP contribution in [0, 0.1) is 5.82 Å². The Balaban J connectivity index is 1.02. The molecule has 16 heteroatoms. The molecule has 6 heterocycles. The molecule has 5 aromatic rings. The third-order valence-electron chi connectivity index (χ3n) is 8.11. The number of likely N-dealkylation sites (tertiary alicyclic amines) is 1. The normalized spacial score (nSPS) is 17.8. The first-order valence-corrected chi connectivity index (χ1v) is 15.2. The van der Waals surface area contributed by atoms with Gasteiger partial charge in [0.05, 0.1) is 36.4 Å². The average molecular weight is 658 g/mol. The highest BCUT2D eigenvalue weighted by atomic mass is 35.5. The van der Waals surface area contributed by atoms with E-state index in [0.717, 1.165) is 43.7 Å². The molecule has 2 saturated heterocycles. The third-order valence-corrected chi connectivity index (χ3v) is 8.34. The Morgan fingerprint density at radius 2 is 1.87 bits per heavy atom. The van der Waals surface area contributed by atoms with E-state index in [4.69, 9.17) is 26.1 Å². The second kappa shape index (κ2) is 12.5. The van der Waals surface area contributed by atoms with Crippen molar-refractivity contribution in [2.75, 3.05) is 19.7 Å². The number of hydrogen-bond donors (Lipinski definition) is 1. The van der Waals surface area contributed by atoms with Gasteiger partial charge in [-0.15, -0.1) is 0 Å². The number of imidazole rings is 1. The topological polar surface area (TPSA) is 120 Å². The van der Waals surface area contributed by atoms with Crippen molar-refractivity contribution in [3.63, 3.8) is 0 Å². The lowest BCUT2D eigenvalue weighted by Crippen LogP contribution is -2.39. The van der Waals surface area contributed by atoms with Crippen molar-refractivity contribution in [2.45, 2.75) is 57.2 Å². The lowest BCUT2D eigenvalue weighted by Gasteiger charge is -2.32. The van der Waals surface area contributed by atoms with Gasteiger partial charge in [-0.25, -0.2) is 19.3 Å². The van der Waals surface area contributed by atoms with E-state index < -0.39 is 17.8 Å². The van der Waals surface area contributed by atoms with Crippen LogP contribution in [0.5, 0.6) is 5.88 Å². The summed E-state index contributed by atoms with van der Waals surface area (Å²) in [7, 11) is 0. The number of rotatable bonds is 9. The van der Waals surface area contributed by atoms with Crippen LogP contribution in [0.3, 0.4) is 0 Å². The summed E-state index contributed by atoms with van der Waals surface area (Å²) in [4.78, 5) is 23.8. The molecule has 4 aromatic heterocycles. The number of hydrogen-bond acceptors (Lipinski definition) is 9. The SMILES string of the molecule is Fc1cc(Cl)ccc1Cc1nccc(OC2CCN(Cc3nc4cc(-c5n[nH]c(C(F)(F)F)n5)ncc4n3CC3CCO3)CC2)n1. The molecule has 240 valence electrons. The fourth-order valence-corrected chi connectivity index (χ4v) is 5.74. The predicted molar refractivity (Wildman–Crippen MR) is 157 cm³/mol. The van der Waals surface area contributed by atoms with Crippen molar-refractivity contribution >= 4 is 22.6 Å². The van der Waals surface area contributed by atoms with Gasteiger partial charge in [0, 0.05) is 43.4 Å². The minimum Gasteiger partial charge on any atom is -0.474 e. The van der Waals surface area contributed by atoms with E-state index in [-0.39, 0.29) is 30.1 Å². The first-order valence-electron chi connectivity index (χ1n) is 14.8. The lowest BCUT2D eigenvalue weighted by molar-refractivity contribution is -0.144. The number of nitrogens with one attached hydrogen (secondary N) is 1. The van der Waals surface area contributed by atoms with Crippen LogP contribution in [-0.4, -0.2) is 76.5 Å². The number of pyridine rings is 1. The zero-order valence-corrected chi connectivity index (χ0v) is 25.1. The zero-order chi connectivity index (χ0) is 31.8. The van der Waals surface area contributed by atoms with Crippen LogP contribution < -0.4 is 4.74 Å². The molecule has 0 bridgehead atoms. The Kier molecular flexibility index (Phi) is 8.29. The second-order valence-corrected chi connectivity index (χ2v) is 11.7. The second-order valence-electron chi connectivity index (χ2n) is 11.3. The summed E-state index contributed by atoms with van der Waals surface area (Å²) >= 11 is 5.86. The van der Waals surface area contributed by atoms with Gasteiger partial charge in [0.1, 0.15) is 29.3 Å². The van der Waals surface area contributed by atoms with E-state index in [1.165, 1.54) is 6.07 Å². The van der Waals surface area contributed by atoms with Gasteiger partial charge in [0.2, 0.25) is 11.7 Å². The van der Waals surface area contributed by atoms with Crippen LogP contribution in [0.15, 0.2) is 42.7 Å². The maximum Gasteiger partial charge on any atom is 0.451 e. The number of piperidine rings is 1. The van der Waals surface area contributed by atoms with Crippen molar-refractivity contribution in [1.82, 2.24) is 44.6 Å². The van der Waals surface area contributed by atoms with Crippen molar-refractivity contribution in [1.29, 1.82) is 0 Å². The Bertz CT molecular complexity index is 1850. The molecule has 0 saturated carbocycles. The van der Waals surface area contributed by atoms with Crippen LogP contribution in [0.2, 0.25) is 5.02 Å². The molecular formula is C30H28ClF4N9O2. The number of ether oxygens (including phenoxy) is 2. The molecule has 2 aliphatic heterocycles. The number of aromatic amines is 1. The van der Waals surface area contributed by atoms with Crippen molar-refractivity contribution in [2.24, 2.45) is 0 Å². The molecule has 2 fully saturated rings. The van der Waals surface area contributed by atoms with Gasteiger partial charge in [-0.1, -0.05) is 17.7 Å². The average Bonchev–Trinajstić information content (AvgIpc) is 3.63. The minimum atomic E-state index is -4.64. The van der Waals surface area contributed by atoms with Crippen LogP contribution in [-0.2, 0) is 30.4 Å². The molecule has 1 aromatic carbocycles. The summed E-state index contributed by atoms with van der Waals surface area (Å²) in [6, 6.07) is 7.83. The Labute approximate surface area is 265 Å². The predicted octanol–water partition coefficient (Wildman–Crippen LogP) is 5.24. The van der Waals surface area contributed by atoms with E-state index in [1.807, 2.05) is 5.10 Å². The van der Waals surface area contributed by atoms with Gasteiger partial charge < -0.3 is 14.0 Å². The molecule has 0 radical (unpaired) electrons. The standard InChI is InChI=1S/C30H28ClF4N9O2/c31-18-2-1-17(21(32)12-18)11-25-36-7-3-27(39-25)46-19-4-8-43(9-5-19)16-26-38-22-13-23(28-40-29(42-41-28)30(33,34)35)37-14-24(22)44(26)15-20-6-10-45-20/h1-3,7,12-14,19-20H,4-6,8-11,15-16H2,(H,40,41,42). The first-order chi connectivity index (χ1) is 22.2. The lowest BCUT2D eigenvalue weighted by atomic mass is 10.1. The fourth-order valence-electron chi connectivity index (χ4n) is 5.58. The van der Waals surface area contributed by atoms with Crippen LogP contribution >= 0.6 is 11.6 Å². The molecule has 0 amide bonds. The number of alkyl halides is 3. The molecule has 0 aliphatic carbocycles. The Hall–Kier alpha value is -4.21. The fraction of sp³-hybridized carbons (Fsp3) is 0.400. The molecule has 7 rings (SSSR count). The van der Waals surface area contributed by atoms with Gasteiger partial charge in [-0.3, -0.25) is 15.0 Å². The van der Waals surface area contributed by atoms with Gasteiger partial charge in [-0.2, -0.15) is 23.3 Å².